The first kappa shape index (κ1) is 20.4. The molecule has 0 aliphatic rings. The molecule has 0 aliphatic carbocycles. The van der Waals surface area contributed by atoms with Gasteiger partial charge in [-0.2, -0.15) is 0 Å². The van der Waals surface area contributed by atoms with Crippen LogP contribution in [0.15, 0.2) is 59.0 Å². The van der Waals surface area contributed by atoms with E-state index in [1.54, 1.807) is 42.5 Å². The Balaban J connectivity index is 1.67. The highest BCUT2D eigenvalue weighted by molar-refractivity contribution is 7.80. The third-order valence-corrected chi connectivity index (χ3v) is 4.33. The number of aliphatic hydroxyl groups excluding tert-OH is 1. The van der Waals surface area contributed by atoms with E-state index in [0.717, 1.165) is 5.56 Å². The van der Waals surface area contributed by atoms with Crippen LogP contribution in [0.2, 0.25) is 0 Å². The second-order valence-corrected chi connectivity index (χ2v) is 6.36. The molecule has 8 heteroatoms. The van der Waals surface area contributed by atoms with Crippen molar-refractivity contribution in [3.05, 3.63) is 65.9 Å². The summed E-state index contributed by atoms with van der Waals surface area (Å²) in [4.78, 5) is 12.6. The van der Waals surface area contributed by atoms with Crippen molar-refractivity contribution in [1.82, 2.24) is 5.32 Å². The summed E-state index contributed by atoms with van der Waals surface area (Å²) >= 11 is 5.25. The lowest BCUT2D eigenvalue weighted by atomic mass is 10.1. The van der Waals surface area contributed by atoms with Crippen molar-refractivity contribution in [1.29, 1.82) is 0 Å². The van der Waals surface area contributed by atoms with Crippen LogP contribution in [0.25, 0.3) is 11.3 Å². The second kappa shape index (κ2) is 9.22. The van der Waals surface area contributed by atoms with Gasteiger partial charge in [0.05, 0.1) is 14.2 Å². The molecular formula is C21H20N2O5S. The zero-order valence-electron chi connectivity index (χ0n) is 15.9. The first-order chi connectivity index (χ1) is 14.0. The van der Waals surface area contributed by atoms with E-state index >= 15 is 0 Å². The monoisotopic (exact) mass is 412 g/mol. The van der Waals surface area contributed by atoms with Crippen LogP contribution >= 0.6 is 12.2 Å². The van der Waals surface area contributed by atoms with Crippen LogP contribution in [-0.2, 0) is 6.61 Å². The lowest BCUT2D eigenvalue weighted by Gasteiger charge is -2.14. The molecule has 0 saturated heterocycles. The average molecular weight is 412 g/mol. The predicted molar refractivity (Wildman–Crippen MR) is 113 cm³/mol. The van der Waals surface area contributed by atoms with Crippen molar-refractivity contribution in [2.45, 2.75) is 6.61 Å². The van der Waals surface area contributed by atoms with Crippen LogP contribution in [0.3, 0.4) is 0 Å². The number of methoxy groups -OCH3 is 2. The van der Waals surface area contributed by atoms with E-state index < -0.39 is 5.91 Å². The zero-order valence-corrected chi connectivity index (χ0v) is 16.7. The van der Waals surface area contributed by atoms with E-state index in [-0.39, 0.29) is 17.3 Å². The van der Waals surface area contributed by atoms with Crippen molar-refractivity contribution in [3.63, 3.8) is 0 Å². The van der Waals surface area contributed by atoms with E-state index in [4.69, 9.17) is 31.2 Å². The smallest absolute Gasteiger partial charge is 0.264 e. The highest BCUT2D eigenvalue weighted by Gasteiger charge is 2.19. The number of aliphatic hydroxyl groups is 1. The molecule has 0 fully saturated rings. The molecule has 0 atom stereocenters. The number of ether oxygens (including phenoxy) is 2. The molecule has 2 aromatic carbocycles. The molecule has 3 aromatic rings. The molecule has 1 aromatic heterocycles. The molecule has 1 amide bonds. The summed E-state index contributed by atoms with van der Waals surface area (Å²) in [6, 6.07) is 15.9. The number of hydrogen-bond acceptors (Lipinski definition) is 6. The number of thiocarbonyl (C=S) groups is 1. The van der Waals surface area contributed by atoms with Crippen LogP contribution in [0, 0.1) is 0 Å². The molecule has 0 aliphatic heterocycles. The summed E-state index contributed by atoms with van der Waals surface area (Å²) in [6.45, 7) is -0.148. The van der Waals surface area contributed by atoms with Gasteiger partial charge in [-0.3, -0.25) is 10.1 Å². The standard InChI is InChI=1S/C21H20N2O5S/c1-26-17-4-3-5-18(27-2)19(17)20(25)23-21(29)22-14-8-6-13(7-9-14)16-11-10-15(12-24)28-16/h3-11,24H,12H2,1-2H3,(H2,22,23,25,29). The largest absolute Gasteiger partial charge is 0.496 e. The van der Waals surface area contributed by atoms with Gasteiger partial charge in [0, 0.05) is 11.3 Å². The molecule has 3 N–H and O–H groups in total. The van der Waals surface area contributed by atoms with Gasteiger partial charge in [-0.15, -0.1) is 0 Å². The second-order valence-electron chi connectivity index (χ2n) is 5.95. The van der Waals surface area contributed by atoms with Crippen LogP contribution in [0.4, 0.5) is 5.69 Å². The van der Waals surface area contributed by atoms with Crippen LogP contribution < -0.4 is 20.1 Å². The summed E-state index contributed by atoms with van der Waals surface area (Å²) in [6.07, 6.45) is 0. The average Bonchev–Trinajstić information content (AvgIpc) is 3.22. The third kappa shape index (κ3) is 4.74. The maximum Gasteiger partial charge on any atom is 0.264 e. The van der Waals surface area contributed by atoms with Gasteiger partial charge in [0.15, 0.2) is 5.11 Å². The Kier molecular flexibility index (Phi) is 6.48. The summed E-state index contributed by atoms with van der Waals surface area (Å²) in [5.41, 5.74) is 1.80. The number of anilines is 1. The Bertz CT molecular complexity index is 992. The predicted octanol–water partition coefficient (Wildman–Crippen LogP) is 3.58. The minimum absolute atomic E-state index is 0.135. The Morgan fingerprint density at radius 2 is 1.69 bits per heavy atom. The molecule has 1 heterocycles. The van der Waals surface area contributed by atoms with Gasteiger partial charge in [0.1, 0.15) is 35.2 Å². The molecule has 3 rings (SSSR count). The summed E-state index contributed by atoms with van der Waals surface area (Å²) in [7, 11) is 2.96. The van der Waals surface area contributed by atoms with E-state index in [2.05, 4.69) is 10.6 Å². The van der Waals surface area contributed by atoms with Crippen molar-refractivity contribution in [3.8, 4) is 22.8 Å². The van der Waals surface area contributed by atoms with Crippen LogP contribution in [0.1, 0.15) is 16.1 Å². The van der Waals surface area contributed by atoms with Gasteiger partial charge in [-0.25, -0.2) is 0 Å². The third-order valence-electron chi connectivity index (χ3n) is 4.13. The molecule has 0 bridgehead atoms. The number of carbonyl (C=O) groups is 1. The Labute approximate surface area is 173 Å². The van der Waals surface area contributed by atoms with E-state index in [1.807, 2.05) is 12.1 Å². The summed E-state index contributed by atoms with van der Waals surface area (Å²) < 4.78 is 16.0. The number of carbonyl (C=O) groups excluding carboxylic acids is 1. The van der Waals surface area contributed by atoms with Gasteiger partial charge < -0.3 is 24.3 Å². The first-order valence-corrected chi connectivity index (χ1v) is 9.10. The van der Waals surface area contributed by atoms with Crippen molar-refractivity contribution in [2.24, 2.45) is 0 Å². The maximum absolute atomic E-state index is 12.6. The molecule has 0 unspecified atom stereocenters. The number of rotatable bonds is 6. The summed E-state index contributed by atoms with van der Waals surface area (Å²) in [5, 5.41) is 14.8. The van der Waals surface area contributed by atoms with E-state index in [1.165, 1.54) is 14.2 Å². The Morgan fingerprint density at radius 3 is 2.24 bits per heavy atom. The molecule has 0 spiro atoms. The van der Waals surface area contributed by atoms with Crippen molar-refractivity contribution in [2.75, 3.05) is 19.5 Å². The first-order valence-electron chi connectivity index (χ1n) is 8.69. The normalized spacial score (nSPS) is 10.3. The fourth-order valence-corrected chi connectivity index (χ4v) is 2.95. The number of benzene rings is 2. The van der Waals surface area contributed by atoms with Crippen LogP contribution in [0.5, 0.6) is 11.5 Å². The Morgan fingerprint density at radius 1 is 1.03 bits per heavy atom. The van der Waals surface area contributed by atoms with Gasteiger partial charge >= 0.3 is 0 Å². The van der Waals surface area contributed by atoms with E-state index in [0.29, 0.717) is 28.7 Å². The fraction of sp³-hybridized carbons (Fsp3) is 0.143. The molecule has 7 nitrogen and oxygen atoms in total. The maximum atomic E-state index is 12.6. The van der Waals surface area contributed by atoms with Crippen molar-refractivity contribution < 1.29 is 23.8 Å². The molecule has 29 heavy (non-hydrogen) atoms. The van der Waals surface area contributed by atoms with Crippen LogP contribution in [-0.4, -0.2) is 30.3 Å². The SMILES string of the molecule is COc1cccc(OC)c1C(=O)NC(=S)Nc1ccc(-c2ccc(CO)o2)cc1. The number of nitrogens with one attached hydrogen (secondary N) is 2. The van der Waals surface area contributed by atoms with Crippen molar-refractivity contribution >= 4 is 28.9 Å². The molecule has 0 saturated carbocycles. The van der Waals surface area contributed by atoms with Gasteiger partial charge in [0.25, 0.3) is 5.91 Å². The summed E-state index contributed by atoms with van der Waals surface area (Å²) in [5.74, 6) is 1.47. The quantitative estimate of drug-likeness (QED) is 0.533. The van der Waals surface area contributed by atoms with Gasteiger partial charge in [0.2, 0.25) is 0 Å². The molecular weight excluding hydrogens is 392 g/mol. The number of hydrogen-bond donors (Lipinski definition) is 3. The minimum atomic E-state index is -0.444. The number of amides is 1. The van der Waals surface area contributed by atoms with Gasteiger partial charge in [-0.1, -0.05) is 6.07 Å². The molecule has 150 valence electrons. The minimum Gasteiger partial charge on any atom is -0.496 e. The number of furan rings is 1. The fourth-order valence-electron chi connectivity index (χ4n) is 2.74. The highest BCUT2D eigenvalue weighted by atomic mass is 32.1. The highest BCUT2D eigenvalue weighted by Crippen LogP contribution is 2.28. The molecule has 0 radical (unpaired) electrons. The lowest BCUT2D eigenvalue weighted by Crippen LogP contribution is -2.34. The zero-order chi connectivity index (χ0) is 20.8. The lowest BCUT2D eigenvalue weighted by molar-refractivity contribution is 0.0971. The Hall–Kier alpha value is -3.36. The van der Waals surface area contributed by atoms with E-state index in [9.17, 15) is 4.79 Å². The topological polar surface area (TPSA) is 93.0 Å². The van der Waals surface area contributed by atoms with Gasteiger partial charge in [-0.05, 0) is 60.7 Å².